The summed E-state index contributed by atoms with van der Waals surface area (Å²) in [5.74, 6) is -0.744. The maximum absolute atomic E-state index is 12.3. The number of nitrogens with two attached hydrogens (primary N) is 1. The van der Waals surface area contributed by atoms with E-state index in [4.69, 9.17) is 5.73 Å². The zero-order valence-electron chi connectivity index (χ0n) is 9.51. The van der Waals surface area contributed by atoms with E-state index in [1.54, 1.807) is 11.4 Å². The van der Waals surface area contributed by atoms with Crippen molar-refractivity contribution >= 4 is 17.2 Å². The molecule has 1 aromatic rings. The molecule has 0 saturated heterocycles. The van der Waals surface area contributed by atoms with Gasteiger partial charge in [-0.15, -0.1) is 11.3 Å². The van der Waals surface area contributed by atoms with Gasteiger partial charge in [-0.05, 0) is 36.3 Å². The molecule has 2 rings (SSSR count). The highest BCUT2D eigenvalue weighted by Crippen LogP contribution is 2.38. The molecule has 3 nitrogen and oxygen atoms in total. The number of halogens is 3. The molecule has 1 aliphatic carbocycles. The van der Waals surface area contributed by atoms with E-state index in [-0.39, 0.29) is 0 Å². The Labute approximate surface area is 106 Å². The molecule has 100 valence electrons. The summed E-state index contributed by atoms with van der Waals surface area (Å²) in [6.45, 7) is -1.22. The maximum atomic E-state index is 12.3. The van der Waals surface area contributed by atoms with Crippen LogP contribution in [0.25, 0.3) is 0 Å². The van der Waals surface area contributed by atoms with Crippen LogP contribution in [0, 0.1) is 0 Å². The highest BCUT2D eigenvalue weighted by Gasteiger charge is 2.44. The normalized spacial score (nSPS) is 23.7. The van der Waals surface area contributed by atoms with Crippen LogP contribution in [0.15, 0.2) is 11.4 Å². The number of carbonyl (C=O) groups is 1. The van der Waals surface area contributed by atoms with E-state index in [0.29, 0.717) is 18.4 Å². The summed E-state index contributed by atoms with van der Waals surface area (Å²) < 4.78 is 37.0. The Balaban J connectivity index is 2.32. The first kappa shape index (κ1) is 13.4. The van der Waals surface area contributed by atoms with Crippen LogP contribution in [0.4, 0.5) is 13.2 Å². The van der Waals surface area contributed by atoms with Crippen molar-refractivity contribution in [1.29, 1.82) is 0 Å². The Hall–Kier alpha value is -1.08. The standard InChI is InChI=1S/C11H13F3N2OS/c12-11(13,14)6-16-10(9(15)17)4-1-2-8-7(10)3-5-18-8/h3,5,16H,1-2,4,6H2,(H2,15,17). The van der Waals surface area contributed by atoms with Gasteiger partial charge in [-0.3, -0.25) is 10.1 Å². The molecule has 0 saturated carbocycles. The van der Waals surface area contributed by atoms with Gasteiger partial charge in [-0.25, -0.2) is 0 Å². The number of hydrogen-bond acceptors (Lipinski definition) is 3. The molecule has 0 fully saturated rings. The Bertz CT molecular complexity index is 457. The second kappa shape index (κ2) is 4.55. The van der Waals surface area contributed by atoms with E-state index in [9.17, 15) is 18.0 Å². The van der Waals surface area contributed by atoms with E-state index >= 15 is 0 Å². The van der Waals surface area contributed by atoms with Crippen LogP contribution in [0.1, 0.15) is 23.3 Å². The van der Waals surface area contributed by atoms with Crippen molar-refractivity contribution in [2.45, 2.75) is 31.0 Å². The molecule has 1 amide bonds. The zero-order valence-corrected chi connectivity index (χ0v) is 10.3. The number of amides is 1. The molecule has 0 spiro atoms. The third kappa shape index (κ3) is 2.37. The van der Waals surface area contributed by atoms with Gasteiger partial charge in [0.15, 0.2) is 0 Å². The van der Waals surface area contributed by atoms with Crippen molar-refractivity contribution in [3.63, 3.8) is 0 Å². The SMILES string of the molecule is NC(=O)C1(NCC(F)(F)F)CCCc2sccc21. The van der Waals surface area contributed by atoms with E-state index < -0.39 is 24.2 Å². The summed E-state index contributed by atoms with van der Waals surface area (Å²) in [6.07, 6.45) is -2.62. The van der Waals surface area contributed by atoms with Crippen molar-refractivity contribution < 1.29 is 18.0 Å². The molecule has 1 aromatic heterocycles. The molecular formula is C11H13F3N2OS. The lowest BCUT2D eigenvalue weighted by Gasteiger charge is -2.36. The van der Waals surface area contributed by atoms with Crippen molar-refractivity contribution in [3.8, 4) is 0 Å². The minimum absolute atomic E-state index is 0.308. The van der Waals surface area contributed by atoms with Crippen molar-refractivity contribution in [2.24, 2.45) is 5.73 Å². The number of carbonyl (C=O) groups excluding carboxylic acids is 1. The van der Waals surface area contributed by atoms with E-state index in [1.165, 1.54) is 11.3 Å². The Morgan fingerprint density at radius 2 is 2.28 bits per heavy atom. The molecule has 3 N–H and O–H groups in total. The summed E-state index contributed by atoms with van der Waals surface area (Å²) in [5.41, 5.74) is 4.58. The molecule has 7 heteroatoms. The predicted molar refractivity (Wildman–Crippen MR) is 62.2 cm³/mol. The van der Waals surface area contributed by atoms with Gasteiger partial charge in [-0.1, -0.05) is 0 Å². The fraction of sp³-hybridized carbons (Fsp3) is 0.545. The van der Waals surface area contributed by atoms with Crippen LogP contribution in [-0.2, 0) is 16.8 Å². The van der Waals surface area contributed by atoms with E-state index in [0.717, 1.165) is 11.3 Å². The fourth-order valence-electron chi connectivity index (χ4n) is 2.34. The average Bonchev–Trinajstić information content (AvgIpc) is 2.73. The first-order valence-electron chi connectivity index (χ1n) is 5.54. The zero-order chi connectivity index (χ0) is 13.4. The topological polar surface area (TPSA) is 55.1 Å². The molecule has 1 unspecified atom stereocenters. The van der Waals surface area contributed by atoms with Gasteiger partial charge in [0.1, 0.15) is 5.54 Å². The summed E-state index contributed by atoms with van der Waals surface area (Å²) in [6, 6.07) is 1.69. The largest absolute Gasteiger partial charge is 0.401 e. The number of alkyl halides is 3. The second-order valence-corrected chi connectivity index (χ2v) is 5.35. The van der Waals surface area contributed by atoms with Crippen LogP contribution >= 0.6 is 11.3 Å². The van der Waals surface area contributed by atoms with Crippen LogP contribution in [0.2, 0.25) is 0 Å². The first-order valence-corrected chi connectivity index (χ1v) is 6.42. The van der Waals surface area contributed by atoms with E-state index in [1.807, 2.05) is 0 Å². The van der Waals surface area contributed by atoms with Gasteiger partial charge in [0.25, 0.3) is 0 Å². The van der Waals surface area contributed by atoms with Crippen LogP contribution in [-0.4, -0.2) is 18.6 Å². The van der Waals surface area contributed by atoms with Gasteiger partial charge in [-0.2, -0.15) is 13.2 Å². The molecule has 0 aliphatic heterocycles. The molecule has 18 heavy (non-hydrogen) atoms. The number of hydrogen-bond donors (Lipinski definition) is 2. The average molecular weight is 278 g/mol. The predicted octanol–water partition coefficient (Wildman–Crippen LogP) is 1.92. The lowest BCUT2D eigenvalue weighted by molar-refractivity contribution is -0.137. The molecule has 1 aliphatic rings. The smallest absolute Gasteiger partial charge is 0.368 e. The minimum atomic E-state index is -4.36. The summed E-state index contributed by atoms with van der Waals surface area (Å²) in [5, 5.41) is 4.10. The summed E-state index contributed by atoms with van der Waals surface area (Å²) in [4.78, 5) is 12.6. The summed E-state index contributed by atoms with van der Waals surface area (Å²) in [7, 11) is 0. The Morgan fingerprint density at radius 1 is 1.56 bits per heavy atom. The van der Waals surface area contributed by atoms with Gasteiger partial charge in [0, 0.05) is 4.88 Å². The van der Waals surface area contributed by atoms with Crippen molar-refractivity contribution in [1.82, 2.24) is 5.32 Å². The third-order valence-corrected chi connectivity index (χ3v) is 4.15. The quantitative estimate of drug-likeness (QED) is 0.887. The number of aryl methyl sites for hydroxylation is 1. The van der Waals surface area contributed by atoms with Gasteiger partial charge in [0.2, 0.25) is 5.91 Å². The second-order valence-electron chi connectivity index (χ2n) is 4.35. The lowest BCUT2D eigenvalue weighted by Crippen LogP contribution is -2.56. The number of fused-ring (bicyclic) bond motifs is 1. The Kier molecular flexibility index (Phi) is 3.37. The fourth-order valence-corrected chi connectivity index (χ4v) is 3.34. The third-order valence-electron chi connectivity index (χ3n) is 3.17. The maximum Gasteiger partial charge on any atom is 0.401 e. The number of primary amides is 1. The highest BCUT2D eigenvalue weighted by atomic mass is 32.1. The van der Waals surface area contributed by atoms with Crippen LogP contribution in [0.3, 0.4) is 0 Å². The molecule has 1 atom stereocenters. The minimum Gasteiger partial charge on any atom is -0.368 e. The number of rotatable bonds is 3. The number of thiophene rings is 1. The monoisotopic (exact) mass is 278 g/mol. The first-order chi connectivity index (χ1) is 8.35. The molecule has 0 bridgehead atoms. The lowest BCUT2D eigenvalue weighted by atomic mass is 9.79. The molecule has 0 aromatic carbocycles. The van der Waals surface area contributed by atoms with Crippen molar-refractivity contribution in [3.05, 3.63) is 21.9 Å². The molecule has 1 heterocycles. The van der Waals surface area contributed by atoms with Crippen LogP contribution < -0.4 is 11.1 Å². The van der Waals surface area contributed by atoms with Crippen molar-refractivity contribution in [2.75, 3.05) is 6.54 Å². The highest BCUT2D eigenvalue weighted by molar-refractivity contribution is 7.10. The summed E-state index contributed by atoms with van der Waals surface area (Å²) >= 11 is 1.45. The van der Waals surface area contributed by atoms with Crippen LogP contribution in [0.5, 0.6) is 0 Å². The Morgan fingerprint density at radius 3 is 2.89 bits per heavy atom. The molecule has 0 radical (unpaired) electrons. The van der Waals surface area contributed by atoms with Gasteiger partial charge in [0.05, 0.1) is 6.54 Å². The van der Waals surface area contributed by atoms with E-state index in [2.05, 4.69) is 5.32 Å². The number of nitrogens with one attached hydrogen (secondary N) is 1. The van der Waals surface area contributed by atoms with Gasteiger partial charge >= 0.3 is 6.18 Å². The molecular weight excluding hydrogens is 265 g/mol. The van der Waals surface area contributed by atoms with Gasteiger partial charge < -0.3 is 5.73 Å².